The minimum absolute atomic E-state index is 0.0674. The normalized spacial score (nSPS) is 19.7. The van der Waals surface area contributed by atoms with Crippen LogP contribution in [0.5, 0.6) is 0 Å². The zero-order valence-electron chi connectivity index (χ0n) is 29.9. The Hall–Kier alpha value is -3.52. The minimum atomic E-state index is -0.743. The van der Waals surface area contributed by atoms with Crippen molar-refractivity contribution in [2.45, 2.75) is 112 Å². The van der Waals surface area contributed by atoms with Crippen molar-refractivity contribution in [3.8, 4) is 0 Å². The van der Waals surface area contributed by atoms with Crippen LogP contribution in [0, 0.1) is 11.8 Å². The molecule has 3 aromatic rings. The monoisotopic (exact) mass is 649 g/mol. The maximum atomic E-state index is 12.4. The van der Waals surface area contributed by atoms with Crippen LogP contribution in [-0.2, 0) is 30.6 Å². The van der Waals surface area contributed by atoms with Crippen molar-refractivity contribution in [3.05, 3.63) is 87.4 Å². The number of fused-ring (bicyclic) bond motifs is 1. The second-order valence-electron chi connectivity index (χ2n) is 12.2. The fraction of sp³-hybridized carbons (Fsp3) is 0.590. The second kappa shape index (κ2) is 19.3. The van der Waals surface area contributed by atoms with Gasteiger partial charge in [0.05, 0.1) is 0 Å². The molecule has 6 rings (SSSR count). The lowest BCUT2D eigenvalue weighted by Crippen LogP contribution is -2.38. The van der Waals surface area contributed by atoms with E-state index in [9.17, 15) is 9.59 Å². The second-order valence-corrected chi connectivity index (χ2v) is 12.2. The summed E-state index contributed by atoms with van der Waals surface area (Å²) >= 11 is 0. The quantitative estimate of drug-likeness (QED) is 0.249. The Bertz CT molecular complexity index is 1400. The molecule has 260 valence electrons. The molecule has 3 fully saturated rings. The Kier molecular flexibility index (Phi) is 15.6. The molecule has 1 amide bonds. The minimum Gasteiger partial charge on any atom is -0.441 e. The number of ether oxygens (including phenoxy) is 1. The first-order valence-corrected chi connectivity index (χ1v) is 18.1. The largest absolute Gasteiger partial charge is 0.519 e. The maximum Gasteiger partial charge on any atom is 0.519 e. The van der Waals surface area contributed by atoms with Crippen molar-refractivity contribution >= 4 is 11.8 Å². The van der Waals surface area contributed by atoms with Gasteiger partial charge in [-0.05, 0) is 78.7 Å². The summed E-state index contributed by atoms with van der Waals surface area (Å²) in [5, 5.41) is 0. The van der Waals surface area contributed by atoms with Gasteiger partial charge in [0.1, 0.15) is 0 Å². The molecular weight excluding hydrogens is 590 g/mol. The van der Waals surface area contributed by atoms with E-state index in [1.807, 2.05) is 27.7 Å². The van der Waals surface area contributed by atoms with Gasteiger partial charge in [-0.2, -0.15) is 0 Å². The third kappa shape index (κ3) is 10.5. The number of carbonyl (C=O) groups excluding carboxylic acids is 1. The van der Waals surface area contributed by atoms with Crippen molar-refractivity contribution in [2.24, 2.45) is 17.6 Å². The molecule has 2 aromatic carbocycles. The Balaban J connectivity index is 0.000000264. The number of hydrogen-bond donors (Lipinski definition) is 1. The van der Waals surface area contributed by atoms with Crippen molar-refractivity contribution in [3.63, 3.8) is 0 Å². The maximum absolute atomic E-state index is 12.4. The van der Waals surface area contributed by atoms with E-state index in [1.54, 1.807) is 4.90 Å². The molecular formula is C39H59N3O5. The molecule has 0 bridgehead atoms. The first-order chi connectivity index (χ1) is 22.9. The van der Waals surface area contributed by atoms with Gasteiger partial charge in [-0.3, -0.25) is 0 Å². The third-order valence-electron chi connectivity index (χ3n) is 9.34. The zero-order valence-corrected chi connectivity index (χ0v) is 29.9. The molecule has 2 atom stereocenters. The SMILES string of the molecule is CC.CC.CCCCc1oc(=O)oc1COC(=O)N1CCC(c2cccc(CC)c2)CC1.CCc1cccc(N2CC3C(N)C3C2)c1. The molecule has 1 aliphatic carbocycles. The molecule has 2 saturated heterocycles. The molecule has 3 aliphatic rings. The standard InChI is InChI=1S/C22H29NO5.C13H18N2.2C2H6/c1-3-5-9-19-20(28-22(25)27-19)15-26-21(24)23-12-10-17(11-13-23)18-8-6-7-16(4-2)14-18;1-2-9-4-3-5-10(6-9)15-7-11-12(8-15)13(11)14;2*1-2/h6-8,14,17H,3-5,9-13,15H2,1-2H3;3-6,11-13H,2,7-8,14H2,1H3;2*1-2H3. The van der Waals surface area contributed by atoms with E-state index >= 15 is 0 Å². The van der Waals surface area contributed by atoms with Gasteiger partial charge in [-0.1, -0.05) is 91.3 Å². The number of nitrogens with zero attached hydrogens (tertiary/aromatic N) is 2. The Labute approximate surface area is 282 Å². The number of unbranched alkanes of at least 4 members (excludes halogenated alkanes) is 1. The highest BCUT2D eigenvalue weighted by atomic mass is 16.6. The van der Waals surface area contributed by atoms with Gasteiger partial charge in [0.2, 0.25) is 0 Å². The highest BCUT2D eigenvalue weighted by molar-refractivity contribution is 5.67. The summed E-state index contributed by atoms with van der Waals surface area (Å²) in [6, 6.07) is 18.1. The molecule has 8 heteroatoms. The number of piperidine rings is 2. The van der Waals surface area contributed by atoms with Crippen LogP contribution in [0.2, 0.25) is 0 Å². The highest BCUT2D eigenvalue weighted by Gasteiger charge is 2.53. The molecule has 1 aromatic heterocycles. The van der Waals surface area contributed by atoms with Crippen LogP contribution in [0.25, 0.3) is 0 Å². The number of carbonyl (C=O) groups is 1. The smallest absolute Gasteiger partial charge is 0.441 e. The number of rotatable bonds is 9. The van der Waals surface area contributed by atoms with Gasteiger partial charge in [-0.15, -0.1) is 0 Å². The van der Waals surface area contributed by atoms with Crippen LogP contribution >= 0.6 is 0 Å². The van der Waals surface area contributed by atoms with Gasteiger partial charge < -0.3 is 29.1 Å². The number of benzene rings is 2. The first-order valence-electron chi connectivity index (χ1n) is 18.1. The van der Waals surface area contributed by atoms with Crippen LogP contribution < -0.4 is 16.5 Å². The number of nitrogens with two attached hydrogens (primary N) is 1. The summed E-state index contributed by atoms with van der Waals surface area (Å²) in [5.74, 6) is 2.08. The van der Waals surface area contributed by atoms with E-state index < -0.39 is 5.82 Å². The van der Waals surface area contributed by atoms with Gasteiger partial charge in [0.15, 0.2) is 18.1 Å². The molecule has 2 unspecified atom stereocenters. The van der Waals surface area contributed by atoms with Crippen molar-refractivity contribution in [1.82, 2.24) is 4.90 Å². The predicted octanol–water partition coefficient (Wildman–Crippen LogP) is 8.35. The van der Waals surface area contributed by atoms with Crippen LogP contribution in [0.4, 0.5) is 10.5 Å². The average Bonchev–Trinajstić information content (AvgIpc) is 3.42. The molecule has 47 heavy (non-hydrogen) atoms. The van der Waals surface area contributed by atoms with E-state index in [0.29, 0.717) is 43.0 Å². The Morgan fingerprint density at radius 3 is 2.09 bits per heavy atom. The first kappa shape index (κ1) is 37.9. The number of likely N-dealkylation sites (tertiary alicyclic amines) is 1. The summed E-state index contributed by atoms with van der Waals surface area (Å²) in [7, 11) is 0. The summed E-state index contributed by atoms with van der Waals surface area (Å²) in [6.07, 6.45) is 6.09. The fourth-order valence-corrected chi connectivity index (χ4v) is 6.41. The van der Waals surface area contributed by atoms with E-state index in [0.717, 1.165) is 50.4 Å². The van der Waals surface area contributed by atoms with Crippen LogP contribution in [-0.4, -0.2) is 43.2 Å². The van der Waals surface area contributed by atoms with E-state index in [4.69, 9.17) is 19.3 Å². The van der Waals surface area contributed by atoms with Crippen LogP contribution in [0.3, 0.4) is 0 Å². The topological polar surface area (TPSA) is 102 Å². The molecule has 8 nitrogen and oxygen atoms in total. The lowest BCUT2D eigenvalue weighted by atomic mass is 9.88. The van der Waals surface area contributed by atoms with Crippen LogP contribution in [0.1, 0.15) is 108 Å². The molecule has 0 radical (unpaired) electrons. The zero-order chi connectivity index (χ0) is 34.3. The van der Waals surface area contributed by atoms with E-state index in [1.165, 1.54) is 35.5 Å². The third-order valence-corrected chi connectivity index (χ3v) is 9.34. The Morgan fingerprint density at radius 2 is 1.47 bits per heavy atom. The number of amides is 1. The Morgan fingerprint density at radius 1 is 0.872 bits per heavy atom. The molecule has 0 spiro atoms. The average molecular weight is 650 g/mol. The number of aryl methyl sites for hydroxylation is 3. The van der Waals surface area contributed by atoms with Gasteiger partial charge in [0, 0.05) is 44.3 Å². The molecule has 1 saturated carbocycles. The lowest BCUT2D eigenvalue weighted by molar-refractivity contribution is 0.0807. The molecule has 2 aliphatic heterocycles. The predicted molar refractivity (Wildman–Crippen MR) is 191 cm³/mol. The fourth-order valence-electron chi connectivity index (χ4n) is 6.41. The van der Waals surface area contributed by atoms with Gasteiger partial charge >= 0.3 is 11.9 Å². The van der Waals surface area contributed by atoms with Crippen molar-refractivity contribution in [1.29, 1.82) is 0 Å². The summed E-state index contributed by atoms with van der Waals surface area (Å²) in [4.78, 5) is 28.0. The van der Waals surface area contributed by atoms with Gasteiger partial charge in [0.25, 0.3) is 0 Å². The molecule has 2 N–H and O–H groups in total. The summed E-state index contributed by atoms with van der Waals surface area (Å²) in [6.45, 7) is 18.0. The van der Waals surface area contributed by atoms with E-state index in [-0.39, 0.29) is 12.7 Å². The number of hydrogen-bond acceptors (Lipinski definition) is 7. The summed E-state index contributed by atoms with van der Waals surface area (Å²) < 4.78 is 15.5. The number of anilines is 1. The highest BCUT2D eigenvalue weighted by Crippen LogP contribution is 2.45. The lowest BCUT2D eigenvalue weighted by Gasteiger charge is -2.31. The molecule has 3 heterocycles. The van der Waals surface area contributed by atoms with Crippen molar-refractivity contribution in [2.75, 3.05) is 31.1 Å². The van der Waals surface area contributed by atoms with Crippen molar-refractivity contribution < 1.29 is 18.4 Å². The van der Waals surface area contributed by atoms with Crippen LogP contribution in [0.15, 0.2) is 62.2 Å². The summed E-state index contributed by atoms with van der Waals surface area (Å²) in [5.41, 5.74) is 11.5. The van der Waals surface area contributed by atoms with E-state index in [2.05, 4.69) is 74.2 Å². The van der Waals surface area contributed by atoms with Gasteiger partial charge in [-0.25, -0.2) is 9.59 Å².